The summed E-state index contributed by atoms with van der Waals surface area (Å²) in [6.45, 7) is 13.3. The lowest BCUT2D eigenvalue weighted by molar-refractivity contribution is 0.0315. The third-order valence-electron chi connectivity index (χ3n) is 4.80. The van der Waals surface area contributed by atoms with Crippen LogP contribution in [0.15, 0.2) is 11.2 Å². The average molecular weight is 366 g/mol. The fraction of sp³-hybridized carbons (Fsp3) is 0.778. The fourth-order valence-electron chi connectivity index (χ4n) is 3.52. The van der Waals surface area contributed by atoms with Gasteiger partial charge in [-0.1, -0.05) is 0 Å². The van der Waals surface area contributed by atoms with E-state index in [0.29, 0.717) is 0 Å². The minimum atomic E-state index is 0.739. The van der Waals surface area contributed by atoms with Crippen LogP contribution in [0.1, 0.15) is 23.2 Å². The molecule has 7 heteroatoms. The Morgan fingerprint density at radius 3 is 2.96 bits per heavy atom. The predicted octanol–water partition coefficient (Wildman–Crippen LogP) is 1.61. The zero-order chi connectivity index (χ0) is 17.5. The van der Waals surface area contributed by atoms with Gasteiger partial charge in [-0.05, 0) is 26.2 Å². The first-order valence-electron chi connectivity index (χ1n) is 9.49. The first-order chi connectivity index (χ1) is 12.2. The molecule has 3 heterocycles. The van der Waals surface area contributed by atoms with Crippen LogP contribution in [0.25, 0.3) is 0 Å². The molecule has 0 radical (unpaired) electrons. The van der Waals surface area contributed by atoms with Crippen LogP contribution in [0.5, 0.6) is 0 Å². The maximum absolute atomic E-state index is 5.45. The molecule has 0 spiro atoms. The van der Waals surface area contributed by atoms with Crippen LogP contribution in [0.4, 0.5) is 0 Å². The topological polar surface area (TPSA) is 53.0 Å². The van der Waals surface area contributed by atoms with Crippen LogP contribution in [0.3, 0.4) is 0 Å². The lowest BCUT2D eigenvalue weighted by Crippen LogP contribution is -2.42. The van der Waals surface area contributed by atoms with Gasteiger partial charge in [0, 0.05) is 63.3 Å². The van der Waals surface area contributed by atoms with Crippen molar-refractivity contribution in [3.63, 3.8) is 0 Å². The summed E-state index contributed by atoms with van der Waals surface area (Å²) in [7, 11) is 0. The highest BCUT2D eigenvalue weighted by Gasteiger charge is 2.27. The molecule has 2 saturated heterocycles. The van der Waals surface area contributed by atoms with Gasteiger partial charge in [0.1, 0.15) is 0 Å². The first kappa shape index (κ1) is 18.6. The number of nitrogens with one attached hydrogen (secondary N) is 1. The van der Waals surface area contributed by atoms with Crippen molar-refractivity contribution >= 4 is 17.3 Å². The van der Waals surface area contributed by atoms with Crippen molar-refractivity contribution in [3.05, 3.63) is 16.1 Å². The largest absolute Gasteiger partial charge is 0.379 e. The number of guanidine groups is 1. The second-order valence-corrected chi connectivity index (χ2v) is 8.18. The second-order valence-electron chi connectivity index (χ2n) is 6.86. The third kappa shape index (κ3) is 5.66. The number of hydrogen-bond donors (Lipinski definition) is 1. The minimum absolute atomic E-state index is 0.739. The number of thiazole rings is 1. The molecule has 0 amide bonds. The van der Waals surface area contributed by atoms with E-state index in [0.717, 1.165) is 70.8 Å². The third-order valence-corrected chi connectivity index (χ3v) is 5.77. The summed E-state index contributed by atoms with van der Waals surface area (Å²) in [5, 5.41) is 4.65. The Balaban J connectivity index is 1.48. The molecule has 0 bridgehead atoms. The van der Waals surface area contributed by atoms with E-state index >= 15 is 0 Å². The predicted molar refractivity (Wildman–Crippen MR) is 103 cm³/mol. The highest BCUT2D eigenvalue weighted by molar-refractivity contribution is 7.11. The molecule has 0 aromatic carbocycles. The number of morpholine rings is 1. The summed E-state index contributed by atoms with van der Waals surface area (Å²) >= 11 is 1.77. The molecule has 6 nitrogen and oxygen atoms in total. The Labute approximate surface area is 155 Å². The van der Waals surface area contributed by atoms with Gasteiger partial charge in [-0.3, -0.25) is 9.89 Å². The van der Waals surface area contributed by atoms with Crippen molar-refractivity contribution in [2.75, 3.05) is 59.0 Å². The zero-order valence-electron chi connectivity index (χ0n) is 15.5. The van der Waals surface area contributed by atoms with Gasteiger partial charge < -0.3 is 15.0 Å². The van der Waals surface area contributed by atoms with Crippen LogP contribution in [0.2, 0.25) is 0 Å². The molecule has 1 aromatic heterocycles. The number of aliphatic imine (C=N–C) groups is 1. The Morgan fingerprint density at radius 2 is 2.24 bits per heavy atom. The molecule has 1 atom stereocenters. The lowest BCUT2D eigenvalue weighted by atomic mass is 10.1. The highest BCUT2D eigenvalue weighted by atomic mass is 32.1. The van der Waals surface area contributed by atoms with E-state index in [4.69, 9.17) is 9.73 Å². The number of likely N-dealkylation sites (tertiary alicyclic amines) is 1. The summed E-state index contributed by atoms with van der Waals surface area (Å²) in [4.78, 5) is 15.5. The number of aromatic nitrogens is 1. The Morgan fingerprint density at radius 1 is 1.40 bits per heavy atom. The second kappa shape index (κ2) is 9.50. The normalized spacial score (nSPS) is 22.6. The SMILES string of the molecule is CCNC(=NCCc1ncc(C)s1)N1CCC(CN2CCOCC2)C1. The molecule has 1 unspecified atom stereocenters. The standard InChI is InChI=1S/C18H31N5OS/c1-3-19-18(20-6-4-17-21-12-15(2)25-17)23-7-5-16(14-23)13-22-8-10-24-11-9-22/h12,16H,3-11,13-14H2,1-2H3,(H,19,20). The summed E-state index contributed by atoms with van der Waals surface area (Å²) < 4.78 is 5.45. The monoisotopic (exact) mass is 365 g/mol. The maximum Gasteiger partial charge on any atom is 0.193 e. The quantitative estimate of drug-likeness (QED) is 0.613. The molecule has 1 N–H and O–H groups in total. The smallest absolute Gasteiger partial charge is 0.193 e. The van der Waals surface area contributed by atoms with Crippen molar-refractivity contribution in [2.45, 2.75) is 26.7 Å². The van der Waals surface area contributed by atoms with E-state index in [9.17, 15) is 0 Å². The molecule has 2 fully saturated rings. The van der Waals surface area contributed by atoms with Crippen molar-refractivity contribution in [1.29, 1.82) is 0 Å². The van der Waals surface area contributed by atoms with E-state index in [1.54, 1.807) is 11.3 Å². The van der Waals surface area contributed by atoms with E-state index < -0.39 is 0 Å². The van der Waals surface area contributed by atoms with Crippen molar-refractivity contribution in [3.8, 4) is 0 Å². The summed E-state index contributed by atoms with van der Waals surface area (Å²) in [6.07, 6.45) is 4.14. The van der Waals surface area contributed by atoms with Crippen LogP contribution >= 0.6 is 11.3 Å². The van der Waals surface area contributed by atoms with Gasteiger partial charge >= 0.3 is 0 Å². The molecule has 2 aliphatic rings. The summed E-state index contributed by atoms with van der Waals surface area (Å²) in [6, 6.07) is 0. The highest BCUT2D eigenvalue weighted by Crippen LogP contribution is 2.18. The van der Waals surface area contributed by atoms with Gasteiger partial charge in [-0.15, -0.1) is 11.3 Å². The average Bonchev–Trinajstić information content (AvgIpc) is 3.24. The van der Waals surface area contributed by atoms with Crippen LogP contribution in [-0.4, -0.2) is 79.8 Å². The number of nitrogens with zero attached hydrogens (tertiary/aromatic N) is 4. The molecule has 25 heavy (non-hydrogen) atoms. The van der Waals surface area contributed by atoms with E-state index in [-0.39, 0.29) is 0 Å². The molecule has 0 saturated carbocycles. The van der Waals surface area contributed by atoms with Crippen molar-refractivity contribution in [2.24, 2.45) is 10.9 Å². The van der Waals surface area contributed by atoms with E-state index in [1.165, 1.54) is 22.9 Å². The number of rotatable bonds is 6. The van der Waals surface area contributed by atoms with Gasteiger partial charge in [0.05, 0.1) is 18.2 Å². The van der Waals surface area contributed by atoms with Crippen LogP contribution < -0.4 is 5.32 Å². The number of hydrogen-bond acceptors (Lipinski definition) is 5. The fourth-order valence-corrected chi connectivity index (χ4v) is 4.30. The van der Waals surface area contributed by atoms with Gasteiger partial charge in [0.15, 0.2) is 5.96 Å². The Kier molecular flexibility index (Phi) is 7.07. The minimum Gasteiger partial charge on any atom is -0.379 e. The number of ether oxygens (including phenoxy) is 1. The van der Waals surface area contributed by atoms with E-state index in [2.05, 4.69) is 33.9 Å². The summed E-state index contributed by atoms with van der Waals surface area (Å²) in [5.74, 6) is 1.81. The molecular weight excluding hydrogens is 334 g/mol. The van der Waals surface area contributed by atoms with Crippen LogP contribution in [-0.2, 0) is 11.2 Å². The molecule has 140 valence electrons. The van der Waals surface area contributed by atoms with Gasteiger partial charge in [0.2, 0.25) is 0 Å². The van der Waals surface area contributed by atoms with Gasteiger partial charge in [-0.25, -0.2) is 4.98 Å². The Bertz CT molecular complexity index is 555. The summed E-state index contributed by atoms with van der Waals surface area (Å²) in [5.41, 5.74) is 0. The molecular formula is C18H31N5OS. The Hall–Kier alpha value is -1.18. The first-order valence-corrected chi connectivity index (χ1v) is 10.3. The van der Waals surface area contributed by atoms with E-state index in [1.807, 2.05) is 6.20 Å². The van der Waals surface area contributed by atoms with Crippen LogP contribution in [0, 0.1) is 12.8 Å². The molecule has 2 aliphatic heterocycles. The molecule has 1 aromatic rings. The van der Waals surface area contributed by atoms with Gasteiger partial charge in [0.25, 0.3) is 0 Å². The maximum atomic E-state index is 5.45. The van der Waals surface area contributed by atoms with Crippen molar-refractivity contribution in [1.82, 2.24) is 20.1 Å². The molecule has 0 aliphatic carbocycles. The lowest BCUT2D eigenvalue weighted by Gasteiger charge is -2.29. The number of aryl methyl sites for hydroxylation is 1. The zero-order valence-corrected chi connectivity index (χ0v) is 16.4. The van der Waals surface area contributed by atoms with Crippen molar-refractivity contribution < 1.29 is 4.74 Å². The van der Waals surface area contributed by atoms with Gasteiger partial charge in [-0.2, -0.15) is 0 Å². The molecule has 3 rings (SSSR count).